The molecule has 17 heavy (non-hydrogen) atoms. The molecule has 4 nitrogen and oxygen atoms in total. The molecule has 1 aromatic rings. The van der Waals surface area contributed by atoms with E-state index in [0.717, 1.165) is 5.56 Å². The maximum atomic E-state index is 11.6. The van der Waals surface area contributed by atoms with Crippen LogP contribution in [0.4, 0.5) is 4.79 Å². The molecule has 1 fully saturated rings. The second-order valence-electron chi connectivity index (χ2n) is 4.08. The van der Waals surface area contributed by atoms with Crippen molar-refractivity contribution in [3.8, 4) is 0 Å². The maximum absolute atomic E-state index is 11.6. The minimum atomic E-state index is -0.311. The van der Waals surface area contributed by atoms with Gasteiger partial charge >= 0.3 is 6.09 Å². The summed E-state index contributed by atoms with van der Waals surface area (Å²) in [6, 6.07) is 3.42. The van der Waals surface area contributed by atoms with Crippen LogP contribution in [0.25, 0.3) is 0 Å². The van der Waals surface area contributed by atoms with Gasteiger partial charge in [-0.2, -0.15) is 0 Å². The lowest BCUT2D eigenvalue weighted by atomic mass is 10.2. The van der Waals surface area contributed by atoms with E-state index in [1.165, 1.54) is 0 Å². The molecule has 1 saturated heterocycles. The van der Waals surface area contributed by atoms with E-state index in [9.17, 15) is 4.79 Å². The third-order valence-corrected chi connectivity index (χ3v) is 3.25. The van der Waals surface area contributed by atoms with Gasteiger partial charge in [0.1, 0.15) is 16.4 Å². The summed E-state index contributed by atoms with van der Waals surface area (Å²) >= 11 is 11.6. The van der Waals surface area contributed by atoms with Crippen molar-refractivity contribution in [2.75, 3.05) is 0 Å². The zero-order valence-corrected chi connectivity index (χ0v) is 11.0. The van der Waals surface area contributed by atoms with Gasteiger partial charge in [0.25, 0.3) is 0 Å². The summed E-state index contributed by atoms with van der Waals surface area (Å²) < 4.78 is 5.12. The molecule has 2 rings (SSSR count). The molecule has 0 spiro atoms. The van der Waals surface area contributed by atoms with Crippen LogP contribution < -0.4 is 0 Å². The molecule has 0 unspecified atom stereocenters. The molecule has 2 heterocycles. The summed E-state index contributed by atoms with van der Waals surface area (Å²) in [4.78, 5) is 17.1. The lowest BCUT2D eigenvalue weighted by molar-refractivity contribution is 0.137. The number of nitrogens with zero attached hydrogens (tertiary/aromatic N) is 2. The van der Waals surface area contributed by atoms with E-state index in [2.05, 4.69) is 4.98 Å². The smallest absolute Gasteiger partial charge is 0.410 e. The second kappa shape index (κ2) is 4.70. The quantitative estimate of drug-likeness (QED) is 0.779. The van der Waals surface area contributed by atoms with Crippen LogP contribution >= 0.6 is 23.2 Å². The van der Waals surface area contributed by atoms with Crippen molar-refractivity contribution in [1.29, 1.82) is 0 Å². The summed E-state index contributed by atoms with van der Waals surface area (Å²) in [6.07, 6.45) is -0.413. The Kier molecular flexibility index (Phi) is 3.45. The molecule has 0 aromatic carbocycles. The maximum Gasteiger partial charge on any atom is 0.410 e. The Morgan fingerprint density at radius 1 is 1.35 bits per heavy atom. The van der Waals surface area contributed by atoms with E-state index < -0.39 is 0 Å². The van der Waals surface area contributed by atoms with E-state index >= 15 is 0 Å². The van der Waals surface area contributed by atoms with Crippen LogP contribution in [-0.2, 0) is 11.3 Å². The van der Waals surface area contributed by atoms with Crippen molar-refractivity contribution in [1.82, 2.24) is 9.88 Å². The fourth-order valence-electron chi connectivity index (χ4n) is 1.76. The van der Waals surface area contributed by atoms with Crippen molar-refractivity contribution in [3.63, 3.8) is 0 Å². The average molecular weight is 275 g/mol. The van der Waals surface area contributed by atoms with Crippen LogP contribution in [0.1, 0.15) is 19.4 Å². The number of hydrogen-bond acceptors (Lipinski definition) is 3. The standard InChI is InChI=1S/C11H12Cl2N2O2/c1-6-7(2)17-11(16)15(6)5-8-3-9(12)14-10(13)4-8/h3-4,6-7H,5H2,1-2H3/t6-,7-/m1/s1. The Hall–Kier alpha value is -1.00. The summed E-state index contributed by atoms with van der Waals surface area (Å²) in [5.74, 6) is 0. The van der Waals surface area contributed by atoms with Gasteiger partial charge in [-0.05, 0) is 31.5 Å². The molecule has 0 saturated carbocycles. The largest absolute Gasteiger partial charge is 0.444 e. The van der Waals surface area contributed by atoms with Gasteiger partial charge in [0.15, 0.2) is 0 Å². The summed E-state index contributed by atoms with van der Waals surface area (Å²) in [5, 5.41) is 0.640. The summed E-state index contributed by atoms with van der Waals surface area (Å²) in [6.45, 7) is 4.24. The first-order valence-electron chi connectivity index (χ1n) is 5.26. The van der Waals surface area contributed by atoms with Crippen LogP contribution in [0.5, 0.6) is 0 Å². The molecular weight excluding hydrogens is 263 g/mol. The van der Waals surface area contributed by atoms with Crippen molar-refractivity contribution < 1.29 is 9.53 Å². The molecule has 92 valence electrons. The van der Waals surface area contributed by atoms with Gasteiger partial charge in [-0.1, -0.05) is 23.2 Å². The molecule has 2 atom stereocenters. The number of aromatic nitrogens is 1. The number of carbonyl (C=O) groups excluding carboxylic acids is 1. The first-order valence-corrected chi connectivity index (χ1v) is 6.02. The van der Waals surface area contributed by atoms with Crippen molar-refractivity contribution in [3.05, 3.63) is 28.0 Å². The van der Waals surface area contributed by atoms with E-state index in [4.69, 9.17) is 27.9 Å². The fraction of sp³-hybridized carbons (Fsp3) is 0.455. The fourth-order valence-corrected chi connectivity index (χ4v) is 2.26. The van der Waals surface area contributed by atoms with Gasteiger partial charge in [-0.3, -0.25) is 4.90 Å². The lowest BCUT2D eigenvalue weighted by Crippen LogP contribution is -2.32. The summed E-state index contributed by atoms with van der Waals surface area (Å²) in [7, 11) is 0. The van der Waals surface area contributed by atoms with Crippen molar-refractivity contribution in [2.24, 2.45) is 0 Å². The minimum absolute atomic E-state index is 0.0354. The Morgan fingerprint density at radius 2 is 1.94 bits per heavy atom. The number of rotatable bonds is 2. The molecule has 1 amide bonds. The van der Waals surface area contributed by atoms with Crippen LogP contribution in [0.15, 0.2) is 12.1 Å². The normalized spacial score (nSPS) is 24.0. The predicted octanol–water partition coefficient (Wildman–Crippen LogP) is 3.12. The third kappa shape index (κ3) is 2.64. The van der Waals surface area contributed by atoms with E-state index in [-0.39, 0.29) is 18.2 Å². The first kappa shape index (κ1) is 12.5. The Bertz CT molecular complexity index is 433. The number of carbonyl (C=O) groups is 1. The SMILES string of the molecule is C[C@@H]1[C@@H](C)OC(=O)N1Cc1cc(Cl)nc(Cl)c1. The highest BCUT2D eigenvalue weighted by molar-refractivity contribution is 6.32. The zero-order chi connectivity index (χ0) is 12.6. The highest BCUT2D eigenvalue weighted by Crippen LogP contribution is 2.23. The monoisotopic (exact) mass is 274 g/mol. The minimum Gasteiger partial charge on any atom is -0.444 e. The van der Waals surface area contributed by atoms with E-state index in [1.807, 2.05) is 13.8 Å². The number of amides is 1. The van der Waals surface area contributed by atoms with Gasteiger partial charge in [-0.15, -0.1) is 0 Å². The number of halogens is 2. The molecule has 0 aliphatic carbocycles. The zero-order valence-electron chi connectivity index (χ0n) is 9.48. The number of cyclic esters (lactones) is 1. The van der Waals surface area contributed by atoms with Gasteiger partial charge in [0, 0.05) is 6.54 Å². The Balaban J connectivity index is 2.18. The first-order chi connectivity index (χ1) is 7.97. The Labute approximate surface area is 109 Å². The molecule has 6 heteroatoms. The molecule has 1 aliphatic rings. The van der Waals surface area contributed by atoms with Crippen LogP contribution in [0.2, 0.25) is 10.3 Å². The topological polar surface area (TPSA) is 42.4 Å². The highest BCUT2D eigenvalue weighted by atomic mass is 35.5. The molecule has 1 aromatic heterocycles. The molecular formula is C11H12Cl2N2O2. The number of ether oxygens (including phenoxy) is 1. The molecule has 1 aliphatic heterocycles. The van der Waals surface area contributed by atoms with Crippen LogP contribution in [0, 0.1) is 0 Å². The lowest BCUT2D eigenvalue weighted by Gasteiger charge is -2.19. The number of hydrogen-bond donors (Lipinski definition) is 0. The van der Waals surface area contributed by atoms with Gasteiger partial charge in [-0.25, -0.2) is 9.78 Å². The molecule has 0 radical (unpaired) electrons. The van der Waals surface area contributed by atoms with E-state index in [1.54, 1.807) is 17.0 Å². The van der Waals surface area contributed by atoms with Crippen molar-refractivity contribution in [2.45, 2.75) is 32.5 Å². The summed E-state index contributed by atoms with van der Waals surface area (Å²) in [5.41, 5.74) is 0.841. The van der Waals surface area contributed by atoms with Gasteiger partial charge < -0.3 is 4.74 Å². The van der Waals surface area contributed by atoms with Crippen LogP contribution in [-0.4, -0.2) is 28.1 Å². The third-order valence-electron chi connectivity index (χ3n) is 2.87. The molecule has 0 bridgehead atoms. The average Bonchev–Trinajstić information content (AvgIpc) is 2.44. The second-order valence-corrected chi connectivity index (χ2v) is 4.85. The number of pyridine rings is 1. The highest BCUT2D eigenvalue weighted by Gasteiger charge is 2.35. The predicted molar refractivity (Wildman–Crippen MR) is 65.2 cm³/mol. The van der Waals surface area contributed by atoms with Gasteiger partial charge in [0.2, 0.25) is 0 Å². The van der Waals surface area contributed by atoms with Crippen molar-refractivity contribution >= 4 is 29.3 Å². The van der Waals surface area contributed by atoms with Gasteiger partial charge in [0.05, 0.1) is 6.04 Å². The van der Waals surface area contributed by atoms with Crippen LogP contribution in [0.3, 0.4) is 0 Å². The van der Waals surface area contributed by atoms with E-state index in [0.29, 0.717) is 16.9 Å². The molecule has 0 N–H and O–H groups in total. The Morgan fingerprint density at radius 3 is 2.41 bits per heavy atom.